The van der Waals surface area contributed by atoms with Crippen molar-refractivity contribution < 1.29 is 19.2 Å². The summed E-state index contributed by atoms with van der Waals surface area (Å²) in [6, 6.07) is 29.0. The molecule has 0 aliphatic carbocycles. The fourth-order valence-corrected chi connectivity index (χ4v) is 5.00. The lowest BCUT2D eigenvalue weighted by atomic mass is 10.0. The first-order chi connectivity index (χ1) is 19.5. The lowest BCUT2D eigenvalue weighted by Crippen LogP contribution is -2.49. The number of hydrogen-bond donors (Lipinski definition) is 2. The van der Waals surface area contributed by atoms with Crippen molar-refractivity contribution >= 4 is 33.5 Å². The maximum Gasteiger partial charge on any atom is 0.252 e. The zero-order chi connectivity index (χ0) is 27.9. The fourth-order valence-electron chi connectivity index (χ4n) is 5.00. The van der Waals surface area contributed by atoms with Crippen LogP contribution in [0.25, 0.3) is 21.7 Å². The van der Waals surface area contributed by atoms with Crippen LogP contribution in [0.4, 0.5) is 0 Å². The number of H-pyrrole nitrogens is 1. The molecule has 204 valence electrons. The third kappa shape index (κ3) is 6.26. The number of carbonyl (C=O) groups is 2. The van der Waals surface area contributed by atoms with E-state index in [0.717, 1.165) is 38.6 Å². The third-order valence-corrected chi connectivity index (χ3v) is 7.05. The van der Waals surface area contributed by atoms with Crippen molar-refractivity contribution in [1.29, 1.82) is 0 Å². The van der Waals surface area contributed by atoms with Gasteiger partial charge in [-0.15, -0.1) is 0 Å². The van der Waals surface area contributed by atoms with Gasteiger partial charge in [0.2, 0.25) is 5.91 Å². The molecular formula is C33H33N3O4. The van der Waals surface area contributed by atoms with Crippen molar-refractivity contribution in [2.24, 2.45) is 0 Å². The predicted molar refractivity (Wildman–Crippen MR) is 157 cm³/mol. The standard InChI is InChI=1S/C33H33N3O4/c1-23(37)36(40-29-17-15-24-9-3-4-11-26(24)20-29)28(19-27-21-34-31-13-7-6-12-30(27)31)22-35-33(38)18-16-25-10-5-8-14-32(25)39-2/h3-15,17,20-21,28,34H,16,18-19,22H2,1-2H3,(H,35,38). The number of aromatic amines is 1. The molecule has 0 spiro atoms. The zero-order valence-corrected chi connectivity index (χ0v) is 22.7. The van der Waals surface area contributed by atoms with Gasteiger partial charge >= 0.3 is 0 Å². The highest BCUT2D eigenvalue weighted by Crippen LogP contribution is 2.25. The third-order valence-electron chi connectivity index (χ3n) is 7.05. The highest BCUT2D eigenvalue weighted by Gasteiger charge is 2.26. The number of hydrogen-bond acceptors (Lipinski definition) is 4. The lowest BCUT2D eigenvalue weighted by Gasteiger charge is -2.30. The van der Waals surface area contributed by atoms with Crippen LogP contribution in [0, 0.1) is 0 Å². The first-order valence-electron chi connectivity index (χ1n) is 13.4. The molecule has 7 heteroatoms. The van der Waals surface area contributed by atoms with Gasteiger partial charge in [0.05, 0.1) is 13.2 Å². The summed E-state index contributed by atoms with van der Waals surface area (Å²) in [6.45, 7) is 1.71. The van der Waals surface area contributed by atoms with Crippen molar-refractivity contribution in [1.82, 2.24) is 15.4 Å². The smallest absolute Gasteiger partial charge is 0.252 e. The highest BCUT2D eigenvalue weighted by atomic mass is 16.7. The molecule has 0 radical (unpaired) electrons. The largest absolute Gasteiger partial charge is 0.496 e. The molecule has 0 aliphatic heterocycles. The van der Waals surface area contributed by atoms with Gasteiger partial charge < -0.3 is 19.9 Å². The lowest BCUT2D eigenvalue weighted by molar-refractivity contribution is -0.163. The predicted octanol–water partition coefficient (Wildman–Crippen LogP) is 5.83. The van der Waals surface area contributed by atoms with Crippen LogP contribution in [0.15, 0.2) is 97.2 Å². The number of benzene rings is 4. The Balaban J connectivity index is 1.35. The normalized spacial score (nSPS) is 11.8. The van der Waals surface area contributed by atoms with Crippen LogP contribution in [0.3, 0.4) is 0 Å². The molecule has 0 aliphatic rings. The topological polar surface area (TPSA) is 83.7 Å². The first kappa shape index (κ1) is 26.8. The van der Waals surface area contributed by atoms with E-state index < -0.39 is 6.04 Å². The molecule has 40 heavy (non-hydrogen) atoms. The Kier molecular flexibility index (Phi) is 8.30. The van der Waals surface area contributed by atoms with E-state index in [1.807, 2.05) is 97.2 Å². The summed E-state index contributed by atoms with van der Waals surface area (Å²) >= 11 is 0. The molecule has 0 saturated heterocycles. The van der Waals surface area contributed by atoms with E-state index in [1.54, 1.807) is 7.11 Å². The molecule has 5 rings (SSSR count). The Morgan fingerprint density at radius 1 is 0.900 bits per heavy atom. The molecule has 0 bridgehead atoms. The second-order valence-corrected chi connectivity index (χ2v) is 9.78. The molecular weight excluding hydrogens is 502 g/mol. The quantitative estimate of drug-likeness (QED) is 0.208. The van der Waals surface area contributed by atoms with Crippen LogP contribution in [0.2, 0.25) is 0 Å². The number of fused-ring (bicyclic) bond motifs is 2. The number of ether oxygens (including phenoxy) is 1. The van der Waals surface area contributed by atoms with Gasteiger partial charge in [0.15, 0.2) is 5.75 Å². The number of nitrogens with zero attached hydrogens (tertiary/aromatic N) is 1. The molecule has 4 aromatic carbocycles. The van der Waals surface area contributed by atoms with E-state index in [2.05, 4.69) is 10.3 Å². The molecule has 5 aromatic rings. The molecule has 1 atom stereocenters. The minimum absolute atomic E-state index is 0.107. The van der Waals surface area contributed by atoms with Gasteiger partial charge in [0.25, 0.3) is 5.91 Å². The summed E-state index contributed by atoms with van der Waals surface area (Å²) in [6.07, 6.45) is 3.29. The molecule has 1 aromatic heterocycles. The highest BCUT2D eigenvalue weighted by molar-refractivity contribution is 5.84. The van der Waals surface area contributed by atoms with E-state index in [4.69, 9.17) is 9.57 Å². The molecule has 7 nitrogen and oxygen atoms in total. The Labute approximate surface area is 233 Å². The molecule has 0 fully saturated rings. The van der Waals surface area contributed by atoms with Crippen molar-refractivity contribution in [3.05, 3.63) is 108 Å². The Hall–Kier alpha value is -4.78. The van der Waals surface area contributed by atoms with Gasteiger partial charge in [-0.05, 0) is 52.6 Å². The van der Waals surface area contributed by atoms with Crippen LogP contribution in [0.1, 0.15) is 24.5 Å². The van der Waals surface area contributed by atoms with Crippen LogP contribution >= 0.6 is 0 Å². The number of amides is 2. The number of aryl methyl sites for hydroxylation is 1. The summed E-state index contributed by atoms with van der Waals surface area (Å²) in [5, 5.41) is 7.59. The second-order valence-electron chi connectivity index (χ2n) is 9.78. The van der Waals surface area contributed by atoms with Gasteiger partial charge in [0, 0.05) is 43.4 Å². The Morgan fingerprint density at radius 2 is 1.65 bits per heavy atom. The Bertz CT molecular complexity index is 1630. The van der Waals surface area contributed by atoms with Crippen molar-refractivity contribution in [2.75, 3.05) is 13.7 Å². The molecule has 0 saturated carbocycles. The molecule has 1 heterocycles. The zero-order valence-electron chi connectivity index (χ0n) is 22.7. The van der Waals surface area contributed by atoms with Crippen LogP contribution in [0.5, 0.6) is 11.5 Å². The fraction of sp³-hybridized carbons (Fsp3) is 0.212. The number of methoxy groups -OCH3 is 1. The van der Waals surface area contributed by atoms with Gasteiger partial charge in [-0.2, -0.15) is 5.06 Å². The first-order valence-corrected chi connectivity index (χ1v) is 13.4. The van der Waals surface area contributed by atoms with E-state index in [0.29, 0.717) is 25.0 Å². The minimum atomic E-state index is -0.446. The summed E-state index contributed by atoms with van der Waals surface area (Å²) in [4.78, 5) is 35.4. The average Bonchev–Trinajstić information content (AvgIpc) is 3.39. The van der Waals surface area contributed by atoms with Crippen LogP contribution in [-0.4, -0.2) is 41.6 Å². The van der Waals surface area contributed by atoms with Gasteiger partial charge in [-0.25, -0.2) is 0 Å². The Morgan fingerprint density at radius 3 is 2.48 bits per heavy atom. The number of nitrogens with one attached hydrogen (secondary N) is 2. The minimum Gasteiger partial charge on any atom is -0.496 e. The van der Waals surface area contributed by atoms with Crippen LogP contribution in [-0.2, 0) is 22.4 Å². The van der Waals surface area contributed by atoms with Gasteiger partial charge in [-0.3, -0.25) is 9.59 Å². The molecule has 2 amide bonds. The molecule has 2 N–H and O–H groups in total. The average molecular weight is 536 g/mol. The summed E-state index contributed by atoms with van der Waals surface area (Å²) in [5.74, 6) is 0.963. The van der Waals surface area contributed by atoms with Crippen molar-refractivity contribution in [2.45, 2.75) is 32.2 Å². The van der Waals surface area contributed by atoms with Gasteiger partial charge in [-0.1, -0.05) is 66.7 Å². The van der Waals surface area contributed by atoms with E-state index >= 15 is 0 Å². The maximum absolute atomic E-state index is 12.9. The van der Waals surface area contributed by atoms with E-state index in [9.17, 15) is 9.59 Å². The summed E-state index contributed by atoms with van der Waals surface area (Å²) in [5.41, 5.74) is 3.03. The second kappa shape index (κ2) is 12.4. The van der Waals surface area contributed by atoms with E-state index in [1.165, 1.54) is 12.0 Å². The maximum atomic E-state index is 12.9. The van der Waals surface area contributed by atoms with Gasteiger partial charge in [0.1, 0.15) is 5.75 Å². The molecule has 1 unspecified atom stereocenters. The van der Waals surface area contributed by atoms with Crippen molar-refractivity contribution in [3.8, 4) is 11.5 Å². The SMILES string of the molecule is COc1ccccc1CCC(=O)NCC(Cc1c[nH]c2ccccc12)N(Oc1ccc2ccccc2c1)C(C)=O. The van der Waals surface area contributed by atoms with E-state index in [-0.39, 0.29) is 18.4 Å². The monoisotopic (exact) mass is 535 g/mol. The summed E-state index contributed by atoms with van der Waals surface area (Å²) in [7, 11) is 1.63. The number of rotatable bonds is 11. The number of carbonyl (C=O) groups excluding carboxylic acids is 2. The number of aromatic nitrogens is 1. The number of hydroxylamine groups is 2. The van der Waals surface area contributed by atoms with Crippen molar-refractivity contribution in [3.63, 3.8) is 0 Å². The van der Waals surface area contributed by atoms with Crippen LogP contribution < -0.4 is 14.9 Å². The number of para-hydroxylation sites is 2. The summed E-state index contributed by atoms with van der Waals surface area (Å²) < 4.78 is 5.42.